The van der Waals surface area contributed by atoms with Gasteiger partial charge in [-0.25, -0.2) is 4.98 Å². The first-order valence-corrected chi connectivity index (χ1v) is 5.30. The molecule has 17 heavy (non-hydrogen) atoms. The number of rotatable bonds is 3. The lowest BCUT2D eigenvalue weighted by Gasteiger charge is -2.01. The van der Waals surface area contributed by atoms with E-state index in [1.54, 1.807) is 0 Å². The first kappa shape index (κ1) is 11.4. The number of aromatic nitrogens is 1. The largest absolute Gasteiger partial charge is 0.481 e. The third-order valence-corrected chi connectivity index (χ3v) is 2.50. The highest BCUT2D eigenvalue weighted by molar-refractivity contribution is 5.69. The van der Waals surface area contributed by atoms with E-state index in [4.69, 9.17) is 9.52 Å². The van der Waals surface area contributed by atoms with Gasteiger partial charge in [0.1, 0.15) is 6.26 Å². The van der Waals surface area contributed by atoms with Crippen LogP contribution in [-0.4, -0.2) is 16.1 Å². The number of hydrogen-bond acceptors (Lipinski definition) is 3. The summed E-state index contributed by atoms with van der Waals surface area (Å²) in [7, 11) is 0. The topological polar surface area (TPSA) is 63.3 Å². The van der Waals surface area contributed by atoms with E-state index < -0.39 is 5.97 Å². The van der Waals surface area contributed by atoms with Crippen molar-refractivity contribution in [3.05, 3.63) is 41.3 Å². The highest BCUT2D eigenvalue weighted by Crippen LogP contribution is 2.23. The number of carboxylic acids is 1. The number of oxazole rings is 1. The van der Waals surface area contributed by atoms with Crippen molar-refractivity contribution in [2.75, 3.05) is 0 Å². The van der Waals surface area contributed by atoms with Crippen molar-refractivity contribution < 1.29 is 14.3 Å². The van der Waals surface area contributed by atoms with Crippen LogP contribution in [0.25, 0.3) is 11.5 Å². The zero-order valence-corrected chi connectivity index (χ0v) is 9.73. The molecule has 4 heteroatoms. The van der Waals surface area contributed by atoms with Crippen molar-refractivity contribution >= 4 is 5.97 Å². The molecule has 1 aromatic carbocycles. The van der Waals surface area contributed by atoms with Crippen molar-refractivity contribution in [2.45, 2.75) is 20.3 Å². The maximum Gasteiger partial charge on any atom is 0.309 e. The van der Waals surface area contributed by atoms with E-state index in [9.17, 15) is 4.79 Å². The number of hydrogen-bond donors (Lipinski definition) is 1. The second-order valence-corrected chi connectivity index (χ2v) is 4.03. The Morgan fingerprint density at radius 2 is 2.18 bits per heavy atom. The van der Waals surface area contributed by atoms with E-state index >= 15 is 0 Å². The first-order chi connectivity index (χ1) is 8.06. The van der Waals surface area contributed by atoms with E-state index in [0.29, 0.717) is 11.6 Å². The van der Waals surface area contributed by atoms with E-state index in [1.807, 2.05) is 32.0 Å². The molecule has 0 unspecified atom stereocenters. The molecule has 0 aliphatic heterocycles. The fourth-order valence-corrected chi connectivity index (χ4v) is 1.72. The fraction of sp³-hybridized carbons (Fsp3) is 0.231. The van der Waals surface area contributed by atoms with Gasteiger partial charge in [-0.2, -0.15) is 0 Å². The van der Waals surface area contributed by atoms with Crippen LogP contribution < -0.4 is 0 Å². The maximum atomic E-state index is 10.5. The molecule has 0 radical (unpaired) electrons. The molecule has 2 rings (SSSR count). The summed E-state index contributed by atoms with van der Waals surface area (Å²) in [5, 5.41) is 8.66. The zero-order valence-electron chi connectivity index (χ0n) is 9.73. The molecule has 0 fully saturated rings. The van der Waals surface area contributed by atoms with E-state index in [1.165, 1.54) is 11.8 Å². The molecule has 0 spiro atoms. The summed E-state index contributed by atoms with van der Waals surface area (Å²) in [5.41, 5.74) is 3.57. The summed E-state index contributed by atoms with van der Waals surface area (Å²) in [4.78, 5) is 14.7. The van der Waals surface area contributed by atoms with E-state index in [2.05, 4.69) is 4.98 Å². The van der Waals surface area contributed by atoms with Crippen molar-refractivity contribution in [2.24, 2.45) is 0 Å². The fourth-order valence-electron chi connectivity index (χ4n) is 1.72. The molecule has 0 saturated carbocycles. The van der Waals surface area contributed by atoms with E-state index in [-0.39, 0.29) is 6.42 Å². The molecule has 0 saturated heterocycles. The second-order valence-electron chi connectivity index (χ2n) is 4.03. The number of carbonyl (C=O) groups is 1. The number of benzene rings is 1. The minimum Gasteiger partial charge on any atom is -0.481 e. The molecule has 0 aliphatic rings. The van der Waals surface area contributed by atoms with Gasteiger partial charge in [0.05, 0.1) is 12.1 Å². The monoisotopic (exact) mass is 231 g/mol. The minimum absolute atomic E-state index is 0.117. The second kappa shape index (κ2) is 4.41. The van der Waals surface area contributed by atoms with E-state index in [0.717, 1.165) is 11.1 Å². The maximum absolute atomic E-state index is 10.5. The number of carboxylic acid groups (broad SMARTS) is 1. The summed E-state index contributed by atoms with van der Waals surface area (Å²) in [5.74, 6) is -0.441. The summed E-state index contributed by atoms with van der Waals surface area (Å²) in [6.45, 7) is 3.99. The Balaban J connectivity index is 2.33. The van der Waals surface area contributed by atoms with Crippen LogP contribution in [0.1, 0.15) is 16.8 Å². The van der Waals surface area contributed by atoms with Gasteiger partial charge in [0.15, 0.2) is 0 Å². The molecule has 1 heterocycles. The summed E-state index contributed by atoms with van der Waals surface area (Å²) < 4.78 is 5.30. The van der Waals surface area contributed by atoms with Gasteiger partial charge in [0.25, 0.3) is 0 Å². The van der Waals surface area contributed by atoms with Crippen LogP contribution in [0.5, 0.6) is 0 Å². The summed E-state index contributed by atoms with van der Waals surface area (Å²) >= 11 is 0. The summed E-state index contributed by atoms with van der Waals surface area (Å²) in [6, 6.07) is 5.95. The number of aliphatic carboxylic acids is 1. The van der Waals surface area contributed by atoms with Crippen LogP contribution in [0.4, 0.5) is 0 Å². The molecule has 1 aromatic heterocycles. The molecule has 4 nitrogen and oxygen atoms in total. The molecule has 1 N–H and O–H groups in total. The molecule has 0 atom stereocenters. The highest BCUT2D eigenvalue weighted by Gasteiger charge is 2.11. The Morgan fingerprint density at radius 1 is 1.41 bits per heavy atom. The molecule has 0 bridgehead atoms. The standard InChI is InChI=1S/C13H13NO3/c1-8-3-4-11(9(2)5-8)13-14-10(7-17-13)6-12(15)16/h3-5,7H,6H2,1-2H3,(H,15,16). The average molecular weight is 231 g/mol. The van der Waals surface area contributed by atoms with Crippen molar-refractivity contribution in [1.82, 2.24) is 4.98 Å². The lowest BCUT2D eigenvalue weighted by Crippen LogP contribution is -1.99. The minimum atomic E-state index is -0.912. The molecule has 88 valence electrons. The van der Waals surface area contributed by atoms with Gasteiger partial charge < -0.3 is 9.52 Å². The van der Waals surface area contributed by atoms with Crippen LogP contribution in [0.2, 0.25) is 0 Å². The first-order valence-electron chi connectivity index (χ1n) is 5.30. The van der Waals surface area contributed by atoms with Gasteiger partial charge in [-0.3, -0.25) is 4.79 Å². The molecule has 0 aliphatic carbocycles. The molecular formula is C13H13NO3. The highest BCUT2D eigenvalue weighted by atomic mass is 16.4. The van der Waals surface area contributed by atoms with Gasteiger partial charge in [0, 0.05) is 5.56 Å². The van der Waals surface area contributed by atoms with Crippen LogP contribution in [0.3, 0.4) is 0 Å². The number of nitrogens with zero attached hydrogens (tertiary/aromatic N) is 1. The van der Waals surface area contributed by atoms with Crippen molar-refractivity contribution in [1.29, 1.82) is 0 Å². The van der Waals surface area contributed by atoms with Crippen LogP contribution in [0, 0.1) is 13.8 Å². The van der Waals surface area contributed by atoms with Crippen molar-refractivity contribution in [3.8, 4) is 11.5 Å². The third-order valence-electron chi connectivity index (χ3n) is 2.50. The SMILES string of the molecule is Cc1ccc(-c2nc(CC(=O)O)co2)c(C)c1. The van der Waals surface area contributed by atoms with Gasteiger partial charge in [-0.05, 0) is 25.5 Å². The third kappa shape index (κ3) is 2.53. The smallest absolute Gasteiger partial charge is 0.309 e. The molecule has 0 amide bonds. The molecule has 2 aromatic rings. The van der Waals surface area contributed by atoms with Crippen molar-refractivity contribution in [3.63, 3.8) is 0 Å². The molecular weight excluding hydrogens is 218 g/mol. The lowest BCUT2D eigenvalue weighted by atomic mass is 10.1. The zero-order chi connectivity index (χ0) is 12.4. The average Bonchev–Trinajstić information content (AvgIpc) is 2.65. The normalized spacial score (nSPS) is 10.5. The van der Waals surface area contributed by atoms with Crippen LogP contribution in [0.15, 0.2) is 28.9 Å². The van der Waals surface area contributed by atoms with Gasteiger partial charge >= 0.3 is 5.97 Å². The Labute approximate surface area is 98.9 Å². The Bertz CT molecular complexity index is 558. The lowest BCUT2D eigenvalue weighted by molar-refractivity contribution is -0.136. The van der Waals surface area contributed by atoms with Gasteiger partial charge in [-0.1, -0.05) is 17.7 Å². The van der Waals surface area contributed by atoms with Gasteiger partial charge in [0.2, 0.25) is 5.89 Å². The quantitative estimate of drug-likeness (QED) is 0.881. The Morgan fingerprint density at radius 3 is 2.82 bits per heavy atom. The van der Waals surface area contributed by atoms with Gasteiger partial charge in [-0.15, -0.1) is 0 Å². The summed E-state index contributed by atoms with van der Waals surface area (Å²) in [6.07, 6.45) is 1.27. The predicted octanol–water partition coefficient (Wildman–Crippen LogP) is 2.59. The van der Waals surface area contributed by atoms with Crippen LogP contribution >= 0.6 is 0 Å². The Hall–Kier alpha value is -2.10. The predicted molar refractivity (Wildman–Crippen MR) is 62.8 cm³/mol. The van der Waals surface area contributed by atoms with Crippen LogP contribution in [-0.2, 0) is 11.2 Å². The Kier molecular flexibility index (Phi) is 2.95. The number of aryl methyl sites for hydroxylation is 2.